The molecule has 100 valence electrons. The van der Waals surface area contributed by atoms with Crippen molar-refractivity contribution in [2.24, 2.45) is 0 Å². The van der Waals surface area contributed by atoms with Gasteiger partial charge in [0.05, 0.1) is 12.8 Å². The highest BCUT2D eigenvalue weighted by Crippen LogP contribution is 2.33. The molecule has 0 radical (unpaired) electrons. The lowest BCUT2D eigenvalue weighted by atomic mass is 9.97. The maximum atomic E-state index is 10.5. The van der Waals surface area contributed by atoms with Gasteiger partial charge in [0, 0.05) is 11.8 Å². The SMILES string of the molecule is COc1cc(C)cc(C)c1C(O)c1ccc(C)cn1. The summed E-state index contributed by atoms with van der Waals surface area (Å²) < 4.78 is 5.39. The third-order valence-corrected chi connectivity index (χ3v) is 3.20. The quantitative estimate of drug-likeness (QED) is 0.918. The molecule has 0 fully saturated rings. The fourth-order valence-corrected chi connectivity index (χ4v) is 2.25. The molecular weight excluding hydrogens is 238 g/mol. The van der Waals surface area contributed by atoms with Gasteiger partial charge in [-0.2, -0.15) is 0 Å². The van der Waals surface area contributed by atoms with Gasteiger partial charge < -0.3 is 9.84 Å². The van der Waals surface area contributed by atoms with Crippen LogP contribution in [0, 0.1) is 20.8 Å². The van der Waals surface area contributed by atoms with E-state index in [4.69, 9.17) is 4.74 Å². The molecule has 2 rings (SSSR count). The second-order valence-corrected chi connectivity index (χ2v) is 4.86. The van der Waals surface area contributed by atoms with E-state index in [1.165, 1.54) is 0 Å². The highest BCUT2D eigenvalue weighted by Gasteiger charge is 2.19. The lowest BCUT2D eigenvalue weighted by molar-refractivity contribution is 0.209. The normalized spacial score (nSPS) is 12.3. The van der Waals surface area contributed by atoms with Crippen LogP contribution >= 0.6 is 0 Å². The fraction of sp³-hybridized carbons (Fsp3) is 0.312. The summed E-state index contributed by atoms with van der Waals surface area (Å²) in [6.07, 6.45) is 0.991. The van der Waals surface area contributed by atoms with E-state index >= 15 is 0 Å². The maximum absolute atomic E-state index is 10.5. The average molecular weight is 257 g/mol. The van der Waals surface area contributed by atoms with E-state index in [2.05, 4.69) is 4.98 Å². The van der Waals surface area contributed by atoms with Crippen molar-refractivity contribution in [1.82, 2.24) is 4.98 Å². The molecule has 1 aromatic carbocycles. The molecular formula is C16H19NO2. The minimum atomic E-state index is -0.767. The third-order valence-electron chi connectivity index (χ3n) is 3.20. The van der Waals surface area contributed by atoms with Crippen molar-refractivity contribution in [2.45, 2.75) is 26.9 Å². The number of rotatable bonds is 3. The molecule has 3 nitrogen and oxygen atoms in total. The van der Waals surface area contributed by atoms with Crippen LogP contribution in [0.1, 0.15) is 34.1 Å². The van der Waals surface area contributed by atoms with Gasteiger partial charge in [0.15, 0.2) is 0 Å². The first-order valence-corrected chi connectivity index (χ1v) is 6.28. The number of pyridine rings is 1. The first-order chi connectivity index (χ1) is 9.02. The Balaban J connectivity index is 2.49. The number of aliphatic hydroxyl groups is 1. The fourth-order valence-electron chi connectivity index (χ4n) is 2.25. The van der Waals surface area contributed by atoms with Crippen LogP contribution in [-0.4, -0.2) is 17.2 Å². The van der Waals surface area contributed by atoms with Crippen molar-refractivity contribution in [3.63, 3.8) is 0 Å². The number of methoxy groups -OCH3 is 1. The lowest BCUT2D eigenvalue weighted by Gasteiger charge is -2.18. The van der Waals surface area contributed by atoms with Crippen LogP contribution in [0.25, 0.3) is 0 Å². The number of nitrogens with zero attached hydrogens (tertiary/aromatic N) is 1. The smallest absolute Gasteiger partial charge is 0.125 e. The Morgan fingerprint density at radius 1 is 1.11 bits per heavy atom. The molecule has 1 N–H and O–H groups in total. The van der Waals surface area contributed by atoms with Crippen LogP contribution < -0.4 is 4.74 Å². The number of benzene rings is 1. The van der Waals surface area contributed by atoms with Crippen molar-refractivity contribution in [3.05, 3.63) is 58.4 Å². The number of aromatic nitrogens is 1. The topological polar surface area (TPSA) is 42.4 Å². The van der Waals surface area contributed by atoms with E-state index in [-0.39, 0.29) is 0 Å². The van der Waals surface area contributed by atoms with E-state index < -0.39 is 6.10 Å². The predicted octanol–water partition coefficient (Wildman–Crippen LogP) is 3.10. The van der Waals surface area contributed by atoms with Crippen molar-refractivity contribution in [3.8, 4) is 5.75 Å². The molecule has 0 saturated heterocycles. The van der Waals surface area contributed by atoms with Crippen molar-refractivity contribution < 1.29 is 9.84 Å². The average Bonchev–Trinajstić information content (AvgIpc) is 2.38. The monoisotopic (exact) mass is 257 g/mol. The van der Waals surface area contributed by atoms with Crippen LogP contribution in [0.3, 0.4) is 0 Å². The Morgan fingerprint density at radius 3 is 2.42 bits per heavy atom. The summed E-state index contributed by atoms with van der Waals surface area (Å²) in [5.74, 6) is 0.701. The number of hydrogen-bond acceptors (Lipinski definition) is 3. The van der Waals surface area contributed by atoms with E-state index in [0.29, 0.717) is 11.4 Å². The van der Waals surface area contributed by atoms with Gasteiger partial charge in [-0.25, -0.2) is 0 Å². The molecule has 1 aromatic heterocycles. The van der Waals surface area contributed by atoms with Crippen LogP contribution in [0.4, 0.5) is 0 Å². The van der Waals surface area contributed by atoms with Gasteiger partial charge in [0.1, 0.15) is 11.9 Å². The van der Waals surface area contributed by atoms with Gasteiger partial charge in [-0.1, -0.05) is 12.1 Å². The van der Waals surface area contributed by atoms with E-state index in [0.717, 1.165) is 22.3 Å². The largest absolute Gasteiger partial charge is 0.496 e. The third kappa shape index (κ3) is 2.76. The van der Waals surface area contributed by atoms with Crippen LogP contribution in [0.15, 0.2) is 30.5 Å². The second-order valence-electron chi connectivity index (χ2n) is 4.86. The maximum Gasteiger partial charge on any atom is 0.125 e. The zero-order chi connectivity index (χ0) is 14.0. The minimum absolute atomic E-state index is 0.635. The molecule has 0 amide bonds. The molecule has 0 aliphatic rings. The van der Waals surface area contributed by atoms with Gasteiger partial charge in [0.25, 0.3) is 0 Å². The standard InChI is InChI=1S/C16H19NO2/c1-10-5-6-13(17-9-10)16(18)15-12(3)7-11(2)8-14(15)19-4/h5-9,16,18H,1-4H3. The van der Waals surface area contributed by atoms with Gasteiger partial charge in [0.2, 0.25) is 0 Å². The van der Waals surface area contributed by atoms with Crippen LogP contribution in [-0.2, 0) is 0 Å². The first kappa shape index (κ1) is 13.6. The summed E-state index contributed by atoms with van der Waals surface area (Å²) in [5, 5.41) is 10.5. The summed E-state index contributed by atoms with van der Waals surface area (Å²) in [6.45, 7) is 5.96. The molecule has 3 heteroatoms. The van der Waals surface area contributed by atoms with E-state index in [9.17, 15) is 5.11 Å². The molecule has 2 aromatic rings. The zero-order valence-electron chi connectivity index (χ0n) is 11.8. The zero-order valence-corrected chi connectivity index (χ0v) is 11.8. The summed E-state index contributed by atoms with van der Waals surface area (Å²) in [7, 11) is 1.62. The Hall–Kier alpha value is -1.87. The number of aliphatic hydroxyl groups excluding tert-OH is 1. The molecule has 1 atom stereocenters. The number of ether oxygens (including phenoxy) is 1. The molecule has 0 spiro atoms. The van der Waals surface area contributed by atoms with Crippen molar-refractivity contribution >= 4 is 0 Å². The molecule has 0 bridgehead atoms. The Morgan fingerprint density at radius 2 is 1.84 bits per heavy atom. The lowest BCUT2D eigenvalue weighted by Crippen LogP contribution is -2.07. The molecule has 0 aliphatic heterocycles. The molecule has 0 aliphatic carbocycles. The Kier molecular flexibility index (Phi) is 3.86. The Labute approximate surface area is 113 Å². The number of hydrogen-bond donors (Lipinski definition) is 1. The minimum Gasteiger partial charge on any atom is -0.496 e. The highest BCUT2D eigenvalue weighted by molar-refractivity contribution is 5.46. The summed E-state index contributed by atoms with van der Waals surface area (Å²) in [5.41, 5.74) is 4.61. The summed E-state index contributed by atoms with van der Waals surface area (Å²) >= 11 is 0. The first-order valence-electron chi connectivity index (χ1n) is 6.28. The van der Waals surface area contributed by atoms with Crippen molar-refractivity contribution in [1.29, 1.82) is 0 Å². The predicted molar refractivity (Wildman–Crippen MR) is 75.5 cm³/mol. The number of aryl methyl sites for hydroxylation is 3. The second kappa shape index (κ2) is 5.41. The van der Waals surface area contributed by atoms with Crippen LogP contribution in [0.5, 0.6) is 5.75 Å². The van der Waals surface area contributed by atoms with Gasteiger partial charge in [-0.05, 0) is 49.6 Å². The Bertz CT molecular complexity index is 576. The van der Waals surface area contributed by atoms with E-state index in [1.54, 1.807) is 13.3 Å². The molecule has 1 unspecified atom stereocenters. The summed E-state index contributed by atoms with van der Waals surface area (Å²) in [6, 6.07) is 7.76. The summed E-state index contributed by atoms with van der Waals surface area (Å²) in [4.78, 5) is 4.29. The molecule has 0 saturated carbocycles. The van der Waals surface area contributed by atoms with E-state index in [1.807, 2.05) is 45.0 Å². The molecule has 1 heterocycles. The van der Waals surface area contributed by atoms with Gasteiger partial charge in [-0.3, -0.25) is 4.98 Å². The van der Waals surface area contributed by atoms with Gasteiger partial charge >= 0.3 is 0 Å². The van der Waals surface area contributed by atoms with Crippen molar-refractivity contribution in [2.75, 3.05) is 7.11 Å². The highest BCUT2D eigenvalue weighted by atomic mass is 16.5. The van der Waals surface area contributed by atoms with Crippen LogP contribution in [0.2, 0.25) is 0 Å². The van der Waals surface area contributed by atoms with Gasteiger partial charge in [-0.15, -0.1) is 0 Å². The molecule has 19 heavy (non-hydrogen) atoms.